The zero-order valence-corrected chi connectivity index (χ0v) is 12.9. The molecule has 2 N–H and O–H groups in total. The molecular weight excluding hydrogens is 314 g/mol. The van der Waals surface area contributed by atoms with Gasteiger partial charge in [-0.05, 0) is 6.07 Å². The summed E-state index contributed by atoms with van der Waals surface area (Å²) in [5.74, 6) is 0.410. The molecule has 3 aromatic rings. The quantitative estimate of drug-likeness (QED) is 0.531. The van der Waals surface area contributed by atoms with Crippen LogP contribution in [-0.4, -0.2) is 33.4 Å². The largest absolute Gasteiger partial charge is 0.411 e. The molecule has 8 heteroatoms. The molecule has 0 saturated carbocycles. The predicted molar refractivity (Wildman–Crippen MR) is 85.6 cm³/mol. The summed E-state index contributed by atoms with van der Waals surface area (Å²) >= 11 is 1.16. The lowest BCUT2D eigenvalue weighted by Crippen LogP contribution is -2.25. The van der Waals surface area contributed by atoms with Gasteiger partial charge >= 0.3 is 0 Å². The number of nitriles is 1. The third-order valence-corrected chi connectivity index (χ3v) is 3.93. The molecule has 0 aliphatic heterocycles. The molecule has 2 heterocycles. The van der Waals surface area contributed by atoms with Crippen LogP contribution in [0.15, 0.2) is 40.1 Å². The SMILES string of the molecule is N#CCCNC(=O)CSc1nnc(-c2c[nH]c3ccccc23)o1. The molecular formula is C15H13N5O2S. The van der Waals surface area contributed by atoms with E-state index in [2.05, 4.69) is 20.5 Å². The normalized spacial score (nSPS) is 10.6. The highest BCUT2D eigenvalue weighted by Crippen LogP contribution is 2.29. The molecule has 1 amide bonds. The molecule has 0 saturated heterocycles. The summed E-state index contributed by atoms with van der Waals surface area (Å²) in [6.45, 7) is 0.348. The molecule has 23 heavy (non-hydrogen) atoms. The minimum atomic E-state index is -0.169. The van der Waals surface area contributed by atoms with Crippen molar-refractivity contribution in [3.05, 3.63) is 30.5 Å². The molecule has 0 aliphatic rings. The first kappa shape index (κ1) is 15.1. The van der Waals surface area contributed by atoms with E-state index in [1.807, 2.05) is 36.5 Å². The van der Waals surface area contributed by atoms with Crippen LogP contribution in [0.5, 0.6) is 0 Å². The Hall–Kier alpha value is -2.79. The van der Waals surface area contributed by atoms with Crippen molar-refractivity contribution in [3.63, 3.8) is 0 Å². The number of H-pyrrole nitrogens is 1. The van der Waals surface area contributed by atoms with Gasteiger partial charge < -0.3 is 14.7 Å². The molecule has 0 unspecified atom stereocenters. The number of nitrogens with zero attached hydrogens (tertiary/aromatic N) is 3. The number of fused-ring (bicyclic) bond motifs is 1. The van der Waals surface area contributed by atoms with Gasteiger partial charge in [0.15, 0.2) is 0 Å². The van der Waals surface area contributed by atoms with Gasteiger partial charge in [-0.1, -0.05) is 30.0 Å². The van der Waals surface area contributed by atoms with Crippen LogP contribution in [0.1, 0.15) is 6.42 Å². The van der Waals surface area contributed by atoms with E-state index in [0.29, 0.717) is 24.1 Å². The summed E-state index contributed by atoms with van der Waals surface area (Å²) in [4.78, 5) is 14.7. The smallest absolute Gasteiger partial charge is 0.277 e. The zero-order valence-electron chi connectivity index (χ0n) is 12.1. The minimum Gasteiger partial charge on any atom is -0.411 e. The molecule has 116 valence electrons. The topological polar surface area (TPSA) is 108 Å². The number of aromatic nitrogens is 3. The number of carbonyl (C=O) groups is 1. The van der Waals surface area contributed by atoms with E-state index in [9.17, 15) is 4.79 Å². The van der Waals surface area contributed by atoms with Crippen LogP contribution in [0, 0.1) is 11.3 Å². The predicted octanol–water partition coefficient (Wildman–Crippen LogP) is 2.34. The molecule has 0 spiro atoms. The summed E-state index contributed by atoms with van der Waals surface area (Å²) in [6.07, 6.45) is 2.11. The number of hydrogen-bond donors (Lipinski definition) is 2. The zero-order chi connectivity index (χ0) is 16.1. The fraction of sp³-hybridized carbons (Fsp3) is 0.200. The Morgan fingerprint density at radius 2 is 2.26 bits per heavy atom. The number of hydrogen-bond acceptors (Lipinski definition) is 6. The molecule has 3 rings (SSSR count). The standard InChI is InChI=1S/C15H13N5O2S/c16-6-3-7-17-13(21)9-23-15-20-19-14(22-15)11-8-18-12-5-2-1-4-10(11)12/h1-2,4-5,8,18H,3,7,9H2,(H,17,21). The van der Waals surface area contributed by atoms with Crippen LogP contribution in [0.3, 0.4) is 0 Å². The van der Waals surface area contributed by atoms with Crippen molar-refractivity contribution in [2.45, 2.75) is 11.6 Å². The first-order valence-corrected chi connectivity index (χ1v) is 7.93. The lowest BCUT2D eigenvalue weighted by molar-refractivity contribution is -0.118. The van der Waals surface area contributed by atoms with Gasteiger partial charge in [-0.3, -0.25) is 4.79 Å². The van der Waals surface area contributed by atoms with Gasteiger partial charge in [-0.2, -0.15) is 5.26 Å². The number of carbonyl (C=O) groups excluding carboxylic acids is 1. The second-order valence-corrected chi connectivity index (χ2v) is 5.59. The second-order valence-electron chi connectivity index (χ2n) is 4.67. The summed E-state index contributed by atoms with van der Waals surface area (Å²) in [5, 5.41) is 20.4. The van der Waals surface area contributed by atoms with Crippen LogP contribution in [0.4, 0.5) is 0 Å². The third kappa shape index (κ3) is 3.52. The lowest BCUT2D eigenvalue weighted by Gasteiger charge is -1.99. The Bertz CT molecular complexity index is 864. The third-order valence-electron chi connectivity index (χ3n) is 3.11. The maximum Gasteiger partial charge on any atom is 0.277 e. The lowest BCUT2D eigenvalue weighted by atomic mass is 10.2. The Morgan fingerprint density at radius 3 is 3.13 bits per heavy atom. The maximum absolute atomic E-state index is 11.6. The van der Waals surface area contributed by atoms with E-state index < -0.39 is 0 Å². The highest BCUT2D eigenvalue weighted by molar-refractivity contribution is 7.99. The van der Waals surface area contributed by atoms with E-state index in [0.717, 1.165) is 28.2 Å². The van der Waals surface area contributed by atoms with Gasteiger partial charge in [0.05, 0.1) is 23.8 Å². The monoisotopic (exact) mass is 327 g/mol. The van der Waals surface area contributed by atoms with Crippen molar-refractivity contribution in [1.29, 1.82) is 5.26 Å². The molecule has 0 bridgehead atoms. The van der Waals surface area contributed by atoms with Crippen molar-refractivity contribution in [1.82, 2.24) is 20.5 Å². The second kappa shape index (κ2) is 6.98. The van der Waals surface area contributed by atoms with E-state index in [4.69, 9.17) is 9.68 Å². The van der Waals surface area contributed by atoms with Crippen molar-refractivity contribution in [2.75, 3.05) is 12.3 Å². The molecule has 2 aromatic heterocycles. The van der Waals surface area contributed by atoms with Crippen LogP contribution >= 0.6 is 11.8 Å². The van der Waals surface area contributed by atoms with Gasteiger partial charge in [0.1, 0.15) is 0 Å². The number of thioether (sulfide) groups is 1. The van der Waals surface area contributed by atoms with Gasteiger partial charge in [-0.25, -0.2) is 0 Å². The van der Waals surface area contributed by atoms with Crippen molar-refractivity contribution in [3.8, 4) is 17.5 Å². The van der Waals surface area contributed by atoms with Crippen LogP contribution < -0.4 is 5.32 Å². The molecule has 0 atom stereocenters. The minimum absolute atomic E-state index is 0.168. The highest BCUT2D eigenvalue weighted by atomic mass is 32.2. The molecule has 0 radical (unpaired) electrons. The van der Waals surface area contributed by atoms with Gasteiger partial charge in [0.25, 0.3) is 11.1 Å². The van der Waals surface area contributed by atoms with E-state index in [1.54, 1.807) is 0 Å². The fourth-order valence-electron chi connectivity index (χ4n) is 2.06. The Kier molecular flexibility index (Phi) is 4.59. The Balaban J connectivity index is 1.64. The molecule has 1 aromatic carbocycles. The van der Waals surface area contributed by atoms with Crippen molar-refractivity contribution < 1.29 is 9.21 Å². The average Bonchev–Trinajstić information content (AvgIpc) is 3.19. The average molecular weight is 327 g/mol. The number of rotatable bonds is 6. The van der Waals surface area contributed by atoms with Gasteiger partial charge in [-0.15, -0.1) is 10.2 Å². The van der Waals surface area contributed by atoms with Crippen molar-refractivity contribution in [2.24, 2.45) is 0 Å². The van der Waals surface area contributed by atoms with Gasteiger partial charge in [0, 0.05) is 23.6 Å². The summed E-state index contributed by atoms with van der Waals surface area (Å²) in [5.41, 5.74) is 1.82. The van der Waals surface area contributed by atoms with Crippen LogP contribution in [0.25, 0.3) is 22.4 Å². The number of amides is 1. The summed E-state index contributed by atoms with van der Waals surface area (Å²) < 4.78 is 5.60. The van der Waals surface area contributed by atoms with E-state index in [1.165, 1.54) is 0 Å². The Labute approximate surface area is 136 Å². The number of aromatic amines is 1. The number of para-hydroxylation sites is 1. The Morgan fingerprint density at radius 1 is 1.39 bits per heavy atom. The van der Waals surface area contributed by atoms with E-state index >= 15 is 0 Å². The highest BCUT2D eigenvalue weighted by Gasteiger charge is 2.14. The molecule has 7 nitrogen and oxygen atoms in total. The maximum atomic E-state index is 11.6. The van der Waals surface area contributed by atoms with E-state index in [-0.39, 0.29) is 11.7 Å². The first-order valence-electron chi connectivity index (χ1n) is 6.94. The molecule has 0 fully saturated rings. The number of nitrogens with one attached hydrogen (secondary N) is 2. The van der Waals surface area contributed by atoms with Crippen LogP contribution in [-0.2, 0) is 4.79 Å². The fourth-order valence-corrected chi connectivity index (χ4v) is 2.65. The summed E-state index contributed by atoms with van der Waals surface area (Å²) in [6, 6.07) is 9.80. The first-order chi connectivity index (χ1) is 11.3. The number of benzene rings is 1. The molecule has 0 aliphatic carbocycles. The van der Waals surface area contributed by atoms with Gasteiger partial charge in [0.2, 0.25) is 5.91 Å². The summed E-state index contributed by atoms with van der Waals surface area (Å²) in [7, 11) is 0. The van der Waals surface area contributed by atoms with Crippen LogP contribution in [0.2, 0.25) is 0 Å². The van der Waals surface area contributed by atoms with Crippen molar-refractivity contribution >= 4 is 28.6 Å².